The SMILES string of the molecule is COc1cc2c(c(OC)c1OC)-c1ccc(SC)c(=O)cc1[C@@H](NCc1cccc(CN[C@H]3CCc4cc(OC)c(OC)c(OC)c4-c4ccc(SC)c(=O)cc43)n1)CC2. The van der Waals surface area contributed by atoms with Gasteiger partial charge < -0.3 is 39.1 Å². The molecule has 2 N–H and O–H groups in total. The van der Waals surface area contributed by atoms with Crippen LogP contribution in [0.2, 0.25) is 0 Å². The van der Waals surface area contributed by atoms with Crippen molar-refractivity contribution in [3.05, 3.63) is 121 Å². The lowest BCUT2D eigenvalue weighted by Crippen LogP contribution is -2.24. The van der Waals surface area contributed by atoms with Gasteiger partial charge in [0.05, 0.1) is 63.8 Å². The molecule has 5 aromatic rings. The number of rotatable bonds is 14. The third-order valence-corrected chi connectivity index (χ3v) is 12.9. The second-order valence-corrected chi connectivity index (χ2v) is 16.2. The van der Waals surface area contributed by atoms with Gasteiger partial charge >= 0.3 is 0 Å². The number of nitrogens with one attached hydrogen (secondary N) is 2. The number of hydrogen-bond acceptors (Lipinski definition) is 13. The highest BCUT2D eigenvalue weighted by molar-refractivity contribution is 7.98. The Bertz CT molecular complexity index is 2370. The van der Waals surface area contributed by atoms with Crippen LogP contribution in [0.4, 0.5) is 0 Å². The normalized spacial score (nSPS) is 15.3. The lowest BCUT2D eigenvalue weighted by atomic mass is 9.95. The van der Waals surface area contributed by atoms with E-state index in [9.17, 15) is 9.59 Å². The fourth-order valence-corrected chi connectivity index (χ4v) is 9.47. The van der Waals surface area contributed by atoms with Crippen LogP contribution in [0, 0.1) is 0 Å². The van der Waals surface area contributed by atoms with Crippen LogP contribution in [0.3, 0.4) is 0 Å². The molecule has 2 atom stereocenters. The van der Waals surface area contributed by atoms with Crippen molar-refractivity contribution in [2.75, 3.05) is 55.2 Å². The summed E-state index contributed by atoms with van der Waals surface area (Å²) in [7, 11) is 9.69. The number of benzene rings is 2. The second-order valence-electron chi connectivity index (χ2n) is 14.5. The van der Waals surface area contributed by atoms with E-state index in [1.807, 2.05) is 67.1 Å². The van der Waals surface area contributed by atoms with Gasteiger partial charge in [0.25, 0.3) is 0 Å². The maximum absolute atomic E-state index is 13.5. The monoisotopic (exact) mass is 849 g/mol. The number of hydrogen-bond donors (Lipinski definition) is 2. The van der Waals surface area contributed by atoms with Crippen molar-refractivity contribution in [2.24, 2.45) is 0 Å². The van der Waals surface area contributed by atoms with Crippen LogP contribution in [0.15, 0.2) is 86.1 Å². The molecule has 0 amide bonds. The Morgan fingerprint density at radius 2 is 0.983 bits per heavy atom. The van der Waals surface area contributed by atoms with Gasteiger partial charge in [-0.1, -0.05) is 18.2 Å². The first kappa shape index (κ1) is 42.9. The average Bonchev–Trinajstić information content (AvgIpc) is 3.67. The summed E-state index contributed by atoms with van der Waals surface area (Å²) in [6.45, 7) is 0.941. The maximum Gasteiger partial charge on any atom is 0.203 e. The topological polar surface area (TPSA) is 126 Å². The van der Waals surface area contributed by atoms with Crippen molar-refractivity contribution in [3.8, 4) is 56.8 Å². The molecule has 0 bridgehead atoms. The summed E-state index contributed by atoms with van der Waals surface area (Å²) < 4.78 is 35.0. The highest BCUT2D eigenvalue weighted by atomic mass is 32.2. The van der Waals surface area contributed by atoms with Gasteiger partial charge in [-0.05, 0) is 120 Å². The minimum Gasteiger partial charge on any atom is -0.493 e. The fraction of sp³-hybridized carbons (Fsp3) is 0.340. The first-order chi connectivity index (χ1) is 29.2. The Kier molecular flexibility index (Phi) is 13.6. The maximum atomic E-state index is 13.5. The Labute approximate surface area is 359 Å². The second kappa shape index (κ2) is 19.0. The molecular weight excluding hydrogens is 799 g/mol. The van der Waals surface area contributed by atoms with Crippen LogP contribution < -0.4 is 49.9 Å². The van der Waals surface area contributed by atoms with Crippen LogP contribution in [0.1, 0.15) is 58.6 Å². The number of nitrogens with zero attached hydrogens (tertiary/aromatic N) is 1. The molecule has 2 aliphatic rings. The zero-order chi connectivity index (χ0) is 42.5. The summed E-state index contributed by atoms with van der Waals surface area (Å²) in [4.78, 5) is 33.5. The third-order valence-electron chi connectivity index (χ3n) is 11.4. The Morgan fingerprint density at radius 3 is 1.35 bits per heavy atom. The molecule has 314 valence electrons. The number of aromatic nitrogens is 1. The van der Waals surface area contributed by atoms with Crippen molar-refractivity contribution in [1.82, 2.24) is 15.6 Å². The van der Waals surface area contributed by atoms with Gasteiger partial charge in [-0.25, -0.2) is 0 Å². The number of pyridine rings is 1. The smallest absolute Gasteiger partial charge is 0.203 e. The molecule has 0 saturated carbocycles. The van der Waals surface area contributed by atoms with Crippen LogP contribution in [0.25, 0.3) is 22.3 Å². The summed E-state index contributed by atoms with van der Waals surface area (Å²) in [5.74, 6) is 3.35. The highest BCUT2D eigenvalue weighted by Crippen LogP contribution is 2.52. The van der Waals surface area contributed by atoms with Gasteiger partial charge in [-0.2, -0.15) is 0 Å². The lowest BCUT2D eigenvalue weighted by Gasteiger charge is -2.20. The molecule has 60 heavy (non-hydrogen) atoms. The molecule has 0 unspecified atom stereocenters. The van der Waals surface area contributed by atoms with Crippen LogP contribution >= 0.6 is 23.5 Å². The van der Waals surface area contributed by atoms with E-state index in [0.717, 1.165) is 68.7 Å². The van der Waals surface area contributed by atoms with Gasteiger partial charge in [-0.3, -0.25) is 14.6 Å². The average molecular weight is 850 g/mol. The predicted molar refractivity (Wildman–Crippen MR) is 239 cm³/mol. The largest absolute Gasteiger partial charge is 0.493 e. The van der Waals surface area contributed by atoms with Gasteiger partial charge in [0.15, 0.2) is 33.9 Å². The van der Waals surface area contributed by atoms with Crippen molar-refractivity contribution >= 4 is 23.5 Å². The standard InChI is InChI=1S/C47H51N3O8S2/c1-53-38-20-26-12-16-34(32-22-36(51)40(59-7)18-14-30(32)42(26)46(57-5)44(38)55-3)48-24-28-10-9-11-29(50-28)25-49-35-17-13-27-21-39(54-2)45(56-4)47(58-6)43(27)31-15-19-41(60-8)37(52)23-33(31)35/h9-11,14-15,18-23,34-35,48-49H,12-13,16-17,24-25H2,1-8H3/t34-,35-/m0/s1. The van der Waals surface area contributed by atoms with Crippen molar-refractivity contribution in [2.45, 2.75) is 60.6 Å². The van der Waals surface area contributed by atoms with Crippen molar-refractivity contribution in [3.63, 3.8) is 0 Å². The molecule has 0 saturated heterocycles. The van der Waals surface area contributed by atoms with Crippen molar-refractivity contribution in [1.29, 1.82) is 0 Å². The molecule has 1 heterocycles. The third kappa shape index (κ3) is 8.28. The lowest BCUT2D eigenvalue weighted by molar-refractivity contribution is 0.324. The van der Waals surface area contributed by atoms with E-state index in [1.54, 1.807) is 54.8 Å². The molecule has 0 radical (unpaired) electrons. The molecular formula is C47H51N3O8S2. The molecule has 1 aromatic heterocycles. The summed E-state index contributed by atoms with van der Waals surface area (Å²) >= 11 is 2.86. The minimum atomic E-state index is -0.168. The molecule has 0 spiro atoms. The van der Waals surface area contributed by atoms with E-state index in [0.29, 0.717) is 70.2 Å². The number of thioether (sulfide) groups is 2. The van der Waals surface area contributed by atoms with Crippen LogP contribution in [-0.4, -0.2) is 60.2 Å². The first-order valence-corrected chi connectivity index (χ1v) is 22.2. The molecule has 11 nitrogen and oxygen atoms in total. The minimum absolute atomic E-state index is 0.0353. The Balaban J connectivity index is 1.18. The summed E-state index contributed by atoms with van der Waals surface area (Å²) in [5.41, 5.74) is 9.12. The Morgan fingerprint density at radius 1 is 0.567 bits per heavy atom. The summed E-state index contributed by atoms with van der Waals surface area (Å²) in [6, 6.07) is 21.1. The zero-order valence-electron chi connectivity index (χ0n) is 35.3. The zero-order valence-corrected chi connectivity index (χ0v) is 36.9. The fourth-order valence-electron chi connectivity index (χ4n) is 8.54. The van der Waals surface area contributed by atoms with Crippen LogP contribution in [-0.2, 0) is 25.9 Å². The molecule has 13 heteroatoms. The molecule has 7 rings (SSSR count). The predicted octanol–water partition coefficient (Wildman–Crippen LogP) is 8.19. The van der Waals surface area contributed by atoms with Gasteiger partial charge in [0, 0.05) is 36.3 Å². The molecule has 0 fully saturated rings. The van der Waals surface area contributed by atoms with Gasteiger partial charge in [0.2, 0.25) is 11.5 Å². The van der Waals surface area contributed by atoms with E-state index in [2.05, 4.69) is 10.6 Å². The van der Waals surface area contributed by atoms with E-state index >= 15 is 0 Å². The van der Waals surface area contributed by atoms with E-state index in [-0.39, 0.29) is 22.9 Å². The summed E-state index contributed by atoms with van der Waals surface area (Å²) in [6.07, 6.45) is 6.69. The quantitative estimate of drug-likeness (QED) is 0.104. The van der Waals surface area contributed by atoms with Crippen LogP contribution in [0.5, 0.6) is 34.5 Å². The van der Waals surface area contributed by atoms with E-state index in [1.165, 1.54) is 23.5 Å². The van der Waals surface area contributed by atoms with E-state index < -0.39 is 0 Å². The summed E-state index contributed by atoms with van der Waals surface area (Å²) in [5, 5.41) is 7.51. The van der Waals surface area contributed by atoms with Crippen molar-refractivity contribution < 1.29 is 28.4 Å². The first-order valence-electron chi connectivity index (χ1n) is 19.7. The number of fused-ring (bicyclic) bond motifs is 6. The van der Waals surface area contributed by atoms with E-state index in [4.69, 9.17) is 33.4 Å². The van der Waals surface area contributed by atoms with Gasteiger partial charge in [0.1, 0.15) is 0 Å². The Hall–Kier alpha value is -5.21. The highest BCUT2D eigenvalue weighted by Gasteiger charge is 2.31. The number of ether oxygens (including phenoxy) is 6. The van der Waals surface area contributed by atoms with Gasteiger partial charge in [-0.15, -0.1) is 23.5 Å². The molecule has 2 aliphatic carbocycles. The molecule has 0 aliphatic heterocycles. The number of aryl methyl sites for hydroxylation is 2. The molecule has 4 aromatic carbocycles. The number of methoxy groups -OCH3 is 6.